The fraction of sp³-hybridized carbons (Fsp3) is 0.561. The lowest BCUT2D eigenvalue weighted by molar-refractivity contribution is -0.461. The summed E-state index contributed by atoms with van der Waals surface area (Å²) in [5.41, 5.74) is -2.01. The van der Waals surface area contributed by atoms with Crippen LogP contribution in [0.2, 0.25) is 17.1 Å². The summed E-state index contributed by atoms with van der Waals surface area (Å²) in [4.78, 5) is 24.5. The van der Waals surface area contributed by atoms with Crippen molar-refractivity contribution in [1.29, 1.82) is 0 Å². The van der Waals surface area contributed by atoms with Gasteiger partial charge in [-0.1, -0.05) is 65.0 Å². The number of amides is 1. The minimum atomic E-state index is -8.72. The van der Waals surface area contributed by atoms with E-state index < -0.39 is 134 Å². The molecule has 7 nitrogen and oxygen atoms in total. The van der Waals surface area contributed by atoms with E-state index in [1.54, 1.807) is 13.8 Å². The van der Waals surface area contributed by atoms with Crippen molar-refractivity contribution in [3.05, 3.63) is 84.0 Å². The van der Waals surface area contributed by atoms with Gasteiger partial charge in [-0.15, -0.1) is 0 Å². The van der Waals surface area contributed by atoms with Gasteiger partial charge >= 0.3 is 59.7 Å². The summed E-state index contributed by atoms with van der Waals surface area (Å²) < 4.78 is 285. The molecule has 0 fully saturated rings. The number of hydrogen-bond acceptors (Lipinski definition) is 6. The Morgan fingerprint density at radius 2 is 1.19 bits per heavy atom. The molecule has 0 saturated carbocycles. The normalized spacial score (nSPS) is 15.0. The van der Waals surface area contributed by atoms with Crippen LogP contribution in [0.1, 0.15) is 59.6 Å². The largest absolute Gasteiger partial charge is 0.491 e. The first-order valence-electron chi connectivity index (χ1n) is 19.8. The van der Waals surface area contributed by atoms with Gasteiger partial charge in [0.2, 0.25) is 0 Å². The standard InChI is InChI=1S/C41H44F19NO6Si/c1-7-64-31(62)11-9-8-10-25(6)32(67-33(63)61-30-17-14-27(42)22-29(30)43)26-12-15-28(16-13-26)65-19-20-66-68(23(2)3,24(4)5)21-18-34(44,45)35(46,47)36(48,49)37(50,51)38(52,53)39(54,55)40(56,57)41(58,59)60/h8-17,22-25,32H,7,18-21H2,1-6H3,(H,61,63)/b10-8+,11-9+/t25-,32+/m1/s1. The fourth-order valence-electron chi connectivity index (χ4n) is 6.49. The summed E-state index contributed by atoms with van der Waals surface area (Å²) in [6.07, 6.45) is -7.43. The predicted molar refractivity (Wildman–Crippen MR) is 207 cm³/mol. The van der Waals surface area contributed by atoms with Gasteiger partial charge in [0.15, 0.2) is 8.32 Å². The van der Waals surface area contributed by atoms with E-state index in [0.29, 0.717) is 6.07 Å². The second-order valence-corrected chi connectivity index (χ2v) is 20.6. The Hall–Kier alpha value is -4.69. The molecule has 0 unspecified atom stereocenters. The number of hydrogen-bond donors (Lipinski definition) is 1. The minimum absolute atomic E-state index is 0.0422. The van der Waals surface area contributed by atoms with Gasteiger partial charge in [0, 0.05) is 24.5 Å². The lowest BCUT2D eigenvalue weighted by Gasteiger charge is -2.44. The molecule has 68 heavy (non-hydrogen) atoms. The molecule has 0 heterocycles. The van der Waals surface area contributed by atoms with E-state index in [1.807, 2.05) is 0 Å². The lowest BCUT2D eigenvalue weighted by Crippen LogP contribution is -2.74. The molecule has 0 spiro atoms. The molecule has 0 aliphatic rings. The summed E-state index contributed by atoms with van der Waals surface area (Å²) in [5, 5.41) is 2.13. The molecule has 2 aromatic rings. The van der Waals surface area contributed by atoms with Crippen LogP contribution in [-0.4, -0.2) is 87.8 Å². The van der Waals surface area contributed by atoms with Crippen LogP contribution in [0.4, 0.5) is 93.9 Å². The Morgan fingerprint density at radius 3 is 1.68 bits per heavy atom. The summed E-state index contributed by atoms with van der Waals surface area (Å²) in [6, 6.07) is 6.33. The first-order chi connectivity index (χ1) is 30.8. The third-order valence-electron chi connectivity index (χ3n) is 10.4. The van der Waals surface area contributed by atoms with Crippen molar-refractivity contribution in [3.63, 3.8) is 0 Å². The van der Waals surface area contributed by atoms with Crippen molar-refractivity contribution in [1.82, 2.24) is 0 Å². The highest BCUT2D eigenvalue weighted by Crippen LogP contribution is 2.64. The number of anilines is 1. The van der Waals surface area contributed by atoms with Crippen molar-refractivity contribution >= 4 is 26.1 Å². The van der Waals surface area contributed by atoms with Crippen molar-refractivity contribution in [3.8, 4) is 5.75 Å². The third kappa shape index (κ3) is 12.4. The highest BCUT2D eigenvalue weighted by Gasteiger charge is 2.95. The first kappa shape index (κ1) is 59.4. The highest BCUT2D eigenvalue weighted by molar-refractivity contribution is 6.76. The average Bonchev–Trinajstić information content (AvgIpc) is 3.21. The second kappa shape index (κ2) is 21.9. The zero-order valence-electron chi connectivity index (χ0n) is 36.3. The molecular formula is C41H44F19NO6Si. The van der Waals surface area contributed by atoms with Crippen LogP contribution in [0.5, 0.6) is 5.75 Å². The molecule has 0 aliphatic heterocycles. The molecule has 1 N–H and O–H groups in total. The number of allylic oxidation sites excluding steroid dienone is 2. The molecule has 0 saturated heterocycles. The van der Waals surface area contributed by atoms with Gasteiger partial charge in [0.1, 0.15) is 30.1 Å². The molecule has 2 aromatic carbocycles. The molecule has 0 aliphatic carbocycles. The van der Waals surface area contributed by atoms with E-state index in [4.69, 9.17) is 18.6 Å². The molecule has 27 heteroatoms. The zero-order valence-corrected chi connectivity index (χ0v) is 37.3. The number of alkyl halides is 17. The Balaban J connectivity index is 2.32. The maximum absolute atomic E-state index is 15.0. The minimum Gasteiger partial charge on any atom is -0.491 e. The van der Waals surface area contributed by atoms with Gasteiger partial charge in [0.05, 0.1) is 18.9 Å². The number of rotatable bonds is 24. The second-order valence-electron chi connectivity index (χ2n) is 15.6. The fourth-order valence-corrected chi connectivity index (χ4v) is 11.0. The molecule has 0 bridgehead atoms. The summed E-state index contributed by atoms with van der Waals surface area (Å²) in [6.45, 7) is 7.36. The van der Waals surface area contributed by atoms with Crippen molar-refractivity contribution in [2.45, 2.75) is 119 Å². The summed E-state index contributed by atoms with van der Waals surface area (Å²) in [5.74, 6) is -60.4. The Bertz CT molecular complexity index is 2050. The van der Waals surface area contributed by atoms with Crippen LogP contribution < -0.4 is 10.1 Å². The van der Waals surface area contributed by atoms with Crippen LogP contribution in [0.15, 0.2) is 66.8 Å². The molecule has 2 rings (SSSR count). The molecule has 1 amide bonds. The van der Waals surface area contributed by atoms with Crippen LogP contribution in [-0.2, 0) is 18.7 Å². The van der Waals surface area contributed by atoms with Crippen molar-refractivity contribution in [2.24, 2.45) is 5.92 Å². The van der Waals surface area contributed by atoms with Gasteiger partial charge in [-0.2, -0.15) is 74.6 Å². The Kier molecular flexibility index (Phi) is 19.2. The number of halogens is 19. The number of nitrogens with one attached hydrogen (secondary N) is 1. The maximum atomic E-state index is 15.0. The van der Waals surface area contributed by atoms with Crippen molar-refractivity contribution < 1.29 is 112 Å². The van der Waals surface area contributed by atoms with E-state index in [2.05, 4.69) is 5.32 Å². The van der Waals surface area contributed by atoms with Crippen molar-refractivity contribution in [2.75, 3.05) is 25.1 Å². The van der Waals surface area contributed by atoms with E-state index in [-0.39, 0.29) is 17.9 Å². The summed E-state index contributed by atoms with van der Waals surface area (Å²) >= 11 is 0. The molecule has 0 radical (unpaired) electrons. The molecule has 386 valence electrons. The SMILES string of the molecule is CCOC(=O)/C=C/C=C/[C@@H](C)[C@H](OC(=O)Nc1ccc(F)cc1F)c1ccc(OCCO[Si](CCC(F)(F)C(F)(F)C(F)(F)C(F)(F)C(F)(F)C(F)(F)C(F)(F)C(F)(F)F)(C(C)C)C(C)C)cc1. The van der Waals surface area contributed by atoms with E-state index in [9.17, 15) is 84.2 Å². The Morgan fingerprint density at radius 1 is 0.676 bits per heavy atom. The number of carbonyl (C=O) groups excluding carboxylic acids is 2. The molecule has 2 atom stereocenters. The quantitative estimate of drug-likeness (QED) is 0.0282. The van der Waals surface area contributed by atoms with Gasteiger partial charge in [0.25, 0.3) is 0 Å². The first-order valence-corrected chi connectivity index (χ1v) is 22.1. The van der Waals surface area contributed by atoms with Gasteiger partial charge in [-0.05, 0) is 53.9 Å². The van der Waals surface area contributed by atoms with Crippen LogP contribution in [0.3, 0.4) is 0 Å². The number of carbonyl (C=O) groups is 2. The number of benzene rings is 2. The van der Waals surface area contributed by atoms with Gasteiger partial charge in [-0.25, -0.2) is 18.4 Å². The zero-order chi connectivity index (χ0) is 52.7. The molecular weight excluding hydrogens is 992 g/mol. The molecule has 0 aromatic heterocycles. The monoisotopic (exact) mass is 1040 g/mol. The Labute approximate surface area is 377 Å². The van der Waals surface area contributed by atoms with E-state index >= 15 is 8.78 Å². The number of esters is 1. The average molecular weight is 1040 g/mol. The maximum Gasteiger partial charge on any atom is 0.460 e. The van der Waals surface area contributed by atoms with E-state index in [1.165, 1.54) is 70.2 Å². The highest BCUT2D eigenvalue weighted by atomic mass is 28.4. The smallest absolute Gasteiger partial charge is 0.460 e. The van der Waals surface area contributed by atoms with Crippen LogP contribution in [0, 0.1) is 17.6 Å². The van der Waals surface area contributed by atoms with Crippen LogP contribution in [0.25, 0.3) is 0 Å². The van der Waals surface area contributed by atoms with Gasteiger partial charge in [-0.3, -0.25) is 5.32 Å². The van der Waals surface area contributed by atoms with Crippen LogP contribution >= 0.6 is 0 Å². The lowest BCUT2D eigenvalue weighted by atomic mass is 9.88. The van der Waals surface area contributed by atoms with E-state index in [0.717, 1.165) is 18.2 Å². The summed E-state index contributed by atoms with van der Waals surface area (Å²) in [7, 11) is -4.06. The predicted octanol–water partition coefficient (Wildman–Crippen LogP) is 14.1. The van der Waals surface area contributed by atoms with Gasteiger partial charge < -0.3 is 18.6 Å². The third-order valence-corrected chi connectivity index (χ3v) is 16.1. The topological polar surface area (TPSA) is 83.1 Å². The number of ether oxygens (including phenoxy) is 3.